The van der Waals surface area contributed by atoms with Crippen molar-refractivity contribution < 1.29 is 0 Å². The minimum Gasteiger partial charge on any atom is -0.315 e. The van der Waals surface area contributed by atoms with Crippen LogP contribution in [-0.4, -0.2) is 50.7 Å². The molecular formula is C11H25N3. The van der Waals surface area contributed by atoms with Gasteiger partial charge in [0.1, 0.15) is 0 Å². The van der Waals surface area contributed by atoms with Crippen molar-refractivity contribution in [3.63, 3.8) is 0 Å². The molecule has 0 aromatic rings. The van der Waals surface area contributed by atoms with Crippen LogP contribution in [0.1, 0.15) is 26.2 Å². The maximum absolute atomic E-state index is 3.68. The summed E-state index contributed by atoms with van der Waals surface area (Å²) >= 11 is 0. The van der Waals surface area contributed by atoms with Crippen molar-refractivity contribution >= 4 is 0 Å². The van der Waals surface area contributed by atoms with Gasteiger partial charge in [0.15, 0.2) is 0 Å². The lowest BCUT2D eigenvalue weighted by molar-refractivity contribution is 0.320. The SMILES string of the molecule is CC(CCN(C)C)NC1CCCNC1. The van der Waals surface area contributed by atoms with E-state index in [2.05, 4.69) is 36.6 Å². The van der Waals surface area contributed by atoms with Crippen molar-refractivity contribution in [3.05, 3.63) is 0 Å². The molecule has 0 aromatic carbocycles. The van der Waals surface area contributed by atoms with Crippen LogP contribution in [0.2, 0.25) is 0 Å². The Labute approximate surface area is 88.2 Å². The van der Waals surface area contributed by atoms with E-state index in [1.165, 1.54) is 32.4 Å². The average molecular weight is 199 g/mol. The minimum atomic E-state index is 0.641. The molecular weight excluding hydrogens is 174 g/mol. The lowest BCUT2D eigenvalue weighted by Gasteiger charge is -2.27. The van der Waals surface area contributed by atoms with Gasteiger partial charge in [-0.2, -0.15) is 0 Å². The molecule has 1 aliphatic rings. The van der Waals surface area contributed by atoms with Crippen LogP contribution in [0.3, 0.4) is 0 Å². The van der Waals surface area contributed by atoms with Gasteiger partial charge in [0.05, 0.1) is 0 Å². The maximum Gasteiger partial charge on any atom is 0.0195 e. The number of hydrogen-bond acceptors (Lipinski definition) is 3. The highest BCUT2D eigenvalue weighted by molar-refractivity contribution is 4.77. The second kappa shape index (κ2) is 6.38. The summed E-state index contributed by atoms with van der Waals surface area (Å²) in [5.41, 5.74) is 0. The number of rotatable bonds is 5. The zero-order chi connectivity index (χ0) is 10.4. The number of piperidine rings is 1. The third kappa shape index (κ3) is 4.94. The third-order valence-corrected chi connectivity index (χ3v) is 2.83. The van der Waals surface area contributed by atoms with Crippen LogP contribution in [-0.2, 0) is 0 Å². The lowest BCUT2D eigenvalue weighted by atomic mass is 10.1. The van der Waals surface area contributed by atoms with Gasteiger partial charge in [-0.15, -0.1) is 0 Å². The first-order valence-electron chi connectivity index (χ1n) is 5.80. The first-order chi connectivity index (χ1) is 6.68. The number of hydrogen-bond donors (Lipinski definition) is 2. The fourth-order valence-electron chi connectivity index (χ4n) is 1.93. The Balaban J connectivity index is 2.09. The molecule has 0 aliphatic carbocycles. The quantitative estimate of drug-likeness (QED) is 0.681. The zero-order valence-corrected chi connectivity index (χ0v) is 9.84. The topological polar surface area (TPSA) is 27.3 Å². The summed E-state index contributed by atoms with van der Waals surface area (Å²) in [4.78, 5) is 2.25. The molecule has 2 unspecified atom stereocenters. The minimum absolute atomic E-state index is 0.641. The van der Waals surface area contributed by atoms with Crippen molar-refractivity contribution in [2.24, 2.45) is 0 Å². The van der Waals surface area contributed by atoms with E-state index in [0.29, 0.717) is 12.1 Å². The van der Waals surface area contributed by atoms with Crippen molar-refractivity contribution in [3.8, 4) is 0 Å². The summed E-state index contributed by atoms with van der Waals surface area (Å²) in [6.07, 6.45) is 3.89. The summed E-state index contributed by atoms with van der Waals surface area (Å²) in [5.74, 6) is 0. The van der Waals surface area contributed by atoms with Crippen LogP contribution in [0.5, 0.6) is 0 Å². The fraction of sp³-hybridized carbons (Fsp3) is 1.00. The van der Waals surface area contributed by atoms with Crippen molar-refractivity contribution in [2.75, 3.05) is 33.7 Å². The fourth-order valence-corrected chi connectivity index (χ4v) is 1.93. The van der Waals surface area contributed by atoms with E-state index in [9.17, 15) is 0 Å². The van der Waals surface area contributed by atoms with E-state index in [1.54, 1.807) is 0 Å². The first kappa shape index (κ1) is 12.0. The third-order valence-electron chi connectivity index (χ3n) is 2.83. The molecule has 0 spiro atoms. The maximum atomic E-state index is 3.68. The second-order valence-electron chi connectivity index (χ2n) is 4.70. The van der Waals surface area contributed by atoms with Crippen LogP contribution >= 0.6 is 0 Å². The highest BCUT2D eigenvalue weighted by atomic mass is 15.1. The van der Waals surface area contributed by atoms with Crippen molar-refractivity contribution in [1.29, 1.82) is 0 Å². The molecule has 3 nitrogen and oxygen atoms in total. The summed E-state index contributed by atoms with van der Waals surface area (Å²) in [6, 6.07) is 1.34. The molecule has 0 amide bonds. The van der Waals surface area contributed by atoms with Crippen LogP contribution in [0, 0.1) is 0 Å². The summed E-state index contributed by atoms with van der Waals surface area (Å²) in [6.45, 7) is 5.81. The Kier molecular flexibility index (Phi) is 5.45. The van der Waals surface area contributed by atoms with Gasteiger partial charge in [0.25, 0.3) is 0 Å². The van der Waals surface area contributed by atoms with Gasteiger partial charge in [-0.3, -0.25) is 0 Å². The van der Waals surface area contributed by atoms with Crippen LogP contribution < -0.4 is 10.6 Å². The molecule has 3 heteroatoms. The monoisotopic (exact) mass is 199 g/mol. The molecule has 0 saturated carbocycles. The van der Waals surface area contributed by atoms with E-state index < -0.39 is 0 Å². The van der Waals surface area contributed by atoms with Gasteiger partial charge in [-0.1, -0.05) is 0 Å². The highest BCUT2D eigenvalue weighted by Crippen LogP contribution is 2.03. The Morgan fingerprint density at radius 3 is 2.86 bits per heavy atom. The summed E-state index contributed by atoms with van der Waals surface area (Å²) in [7, 11) is 4.27. The molecule has 1 heterocycles. The molecule has 84 valence electrons. The van der Waals surface area contributed by atoms with Crippen LogP contribution in [0.4, 0.5) is 0 Å². The van der Waals surface area contributed by atoms with E-state index >= 15 is 0 Å². The summed E-state index contributed by atoms with van der Waals surface area (Å²) in [5, 5.41) is 7.12. The number of nitrogens with zero attached hydrogens (tertiary/aromatic N) is 1. The van der Waals surface area contributed by atoms with E-state index in [-0.39, 0.29) is 0 Å². The van der Waals surface area contributed by atoms with Crippen molar-refractivity contribution in [2.45, 2.75) is 38.3 Å². The molecule has 1 rings (SSSR count). The van der Waals surface area contributed by atoms with Gasteiger partial charge in [0.2, 0.25) is 0 Å². The van der Waals surface area contributed by atoms with E-state index in [0.717, 1.165) is 6.54 Å². The molecule has 0 radical (unpaired) electrons. The summed E-state index contributed by atoms with van der Waals surface area (Å²) < 4.78 is 0. The molecule has 0 aromatic heterocycles. The Morgan fingerprint density at radius 2 is 2.29 bits per heavy atom. The molecule has 2 atom stereocenters. The highest BCUT2D eigenvalue weighted by Gasteiger charge is 2.14. The van der Waals surface area contributed by atoms with Crippen LogP contribution in [0.15, 0.2) is 0 Å². The van der Waals surface area contributed by atoms with E-state index in [4.69, 9.17) is 0 Å². The molecule has 14 heavy (non-hydrogen) atoms. The molecule has 1 aliphatic heterocycles. The van der Waals surface area contributed by atoms with Crippen LogP contribution in [0.25, 0.3) is 0 Å². The van der Waals surface area contributed by atoms with Gasteiger partial charge >= 0.3 is 0 Å². The van der Waals surface area contributed by atoms with E-state index in [1.807, 2.05) is 0 Å². The molecule has 2 N–H and O–H groups in total. The Hall–Kier alpha value is -0.120. The smallest absolute Gasteiger partial charge is 0.0195 e. The molecule has 1 fully saturated rings. The predicted octanol–water partition coefficient (Wildman–Crippen LogP) is 0.668. The average Bonchev–Trinajstić information content (AvgIpc) is 2.16. The van der Waals surface area contributed by atoms with Gasteiger partial charge in [-0.05, 0) is 53.4 Å². The standard InChI is InChI=1S/C11H25N3/c1-10(6-8-14(2)3)13-11-5-4-7-12-9-11/h10-13H,4-9H2,1-3H3. The first-order valence-corrected chi connectivity index (χ1v) is 5.80. The van der Waals surface area contributed by atoms with Gasteiger partial charge in [0, 0.05) is 18.6 Å². The lowest BCUT2D eigenvalue weighted by Crippen LogP contribution is -2.47. The largest absolute Gasteiger partial charge is 0.315 e. The van der Waals surface area contributed by atoms with Gasteiger partial charge < -0.3 is 15.5 Å². The normalized spacial score (nSPS) is 25.3. The Morgan fingerprint density at radius 1 is 1.50 bits per heavy atom. The molecule has 1 saturated heterocycles. The molecule has 0 bridgehead atoms. The van der Waals surface area contributed by atoms with Gasteiger partial charge in [-0.25, -0.2) is 0 Å². The second-order valence-corrected chi connectivity index (χ2v) is 4.70. The Bertz CT molecular complexity index is 141. The zero-order valence-electron chi connectivity index (χ0n) is 9.84. The van der Waals surface area contributed by atoms with Crippen molar-refractivity contribution in [1.82, 2.24) is 15.5 Å². The number of nitrogens with one attached hydrogen (secondary N) is 2. The predicted molar refractivity (Wildman–Crippen MR) is 61.7 cm³/mol.